The average Bonchev–Trinajstić information content (AvgIpc) is 2.99. The first-order valence-corrected chi connectivity index (χ1v) is 7.59. The SMILES string of the molecule is CC(O)(CCNc1ccc2nnc(C(F)(F)F)n2n1)c1ccccc1. The number of nitrogens with one attached hydrogen (secondary N) is 1. The van der Waals surface area contributed by atoms with Crippen LogP contribution in [0.4, 0.5) is 19.0 Å². The number of alkyl halides is 3. The highest BCUT2D eigenvalue weighted by molar-refractivity contribution is 5.44. The summed E-state index contributed by atoms with van der Waals surface area (Å²) in [7, 11) is 0. The summed E-state index contributed by atoms with van der Waals surface area (Å²) in [6.45, 7) is 2.01. The first-order chi connectivity index (χ1) is 11.8. The molecule has 2 aromatic heterocycles. The molecule has 132 valence electrons. The van der Waals surface area contributed by atoms with Crippen LogP contribution in [0.5, 0.6) is 0 Å². The minimum atomic E-state index is -4.64. The van der Waals surface area contributed by atoms with E-state index in [1.807, 2.05) is 30.3 Å². The van der Waals surface area contributed by atoms with Crippen LogP contribution in [0.3, 0.4) is 0 Å². The lowest BCUT2D eigenvalue weighted by Crippen LogP contribution is -2.25. The summed E-state index contributed by atoms with van der Waals surface area (Å²) < 4.78 is 39.2. The molecular formula is C16H16F3N5O. The van der Waals surface area contributed by atoms with Gasteiger partial charge in [0.25, 0.3) is 5.82 Å². The summed E-state index contributed by atoms with van der Waals surface area (Å²) in [5.41, 5.74) is -0.293. The summed E-state index contributed by atoms with van der Waals surface area (Å²) in [6, 6.07) is 12.1. The van der Waals surface area contributed by atoms with Gasteiger partial charge in [-0.1, -0.05) is 30.3 Å². The Morgan fingerprint density at radius 2 is 1.80 bits per heavy atom. The van der Waals surface area contributed by atoms with E-state index in [0.29, 0.717) is 17.5 Å². The maximum absolute atomic E-state index is 12.9. The Labute approximate surface area is 141 Å². The molecule has 0 saturated heterocycles. The number of fused-ring (bicyclic) bond motifs is 1. The number of hydrogen-bond donors (Lipinski definition) is 2. The smallest absolute Gasteiger partial charge is 0.385 e. The number of anilines is 1. The van der Waals surface area contributed by atoms with Crippen LogP contribution in [0.1, 0.15) is 24.7 Å². The fourth-order valence-corrected chi connectivity index (χ4v) is 2.44. The van der Waals surface area contributed by atoms with Crippen LogP contribution >= 0.6 is 0 Å². The zero-order valence-corrected chi connectivity index (χ0v) is 13.3. The maximum atomic E-state index is 12.9. The first kappa shape index (κ1) is 17.2. The van der Waals surface area contributed by atoms with Crippen molar-refractivity contribution in [1.82, 2.24) is 19.8 Å². The molecular weight excluding hydrogens is 335 g/mol. The third kappa shape index (κ3) is 3.71. The molecule has 9 heteroatoms. The fourth-order valence-electron chi connectivity index (χ4n) is 2.44. The predicted molar refractivity (Wildman–Crippen MR) is 84.9 cm³/mol. The summed E-state index contributed by atoms with van der Waals surface area (Å²) in [5.74, 6) is -0.941. The molecule has 0 amide bonds. The van der Waals surface area contributed by atoms with Crippen molar-refractivity contribution in [1.29, 1.82) is 0 Å². The lowest BCUT2D eigenvalue weighted by molar-refractivity contribution is -0.146. The van der Waals surface area contributed by atoms with Gasteiger partial charge in [0, 0.05) is 6.54 Å². The van der Waals surface area contributed by atoms with Crippen molar-refractivity contribution in [3.05, 3.63) is 53.9 Å². The molecule has 0 aliphatic heterocycles. The molecule has 1 unspecified atom stereocenters. The second-order valence-corrected chi connectivity index (χ2v) is 5.83. The summed E-state index contributed by atoms with van der Waals surface area (Å²) in [6.07, 6.45) is -4.28. The number of halogens is 3. The molecule has 2 heterocycles. The zero-order chi connectivity index (χ0) is 18.1. The largest absolute Gasteiger partial charge is 0.453 e. The number of benzene rings is 1. The Hall–Kier alpha value is -2.68. The van der Waals surface area contributed by atoms with Crippen LogP contribution in [0.15, 0.2) is 42.5 Å². The second-order valence-electron chi connectivity index (χ2n) is 5.83. The number of nitrogens with zero attached hydrogens (tertiary/aromatic N) is 4. The monoisotopic (exact) mass is 351 g/mol. The Morgan fingerprint density at radius 1 is 1.08 bits per heavy atom. The van der Waals surface area contributed by atoms with E-state index >= 15 is 0 Å². The van der Waals surface area contributed by atoms with Gasteiger partial charge in [-0.15, -0.1) is 15.3 Å². The van der Waals surface area contributed by atoms with E-state index < -0.39 is 17.6 Å². The molecule has 1 atom stereocenters. The van der Waals surface area contributed by atoms with Crippen LogP contribution in [-0.4, -0.2) is 31.5 Å². The molecule has 0 aliphatic rings. The van der Waals surface area contributed by atoms with Crippen molar-refractivity contribution >= 4 is 11.5 Å². The van der Waals surface area contributed by atoms with Gasteiger partial charge < -0.3 is 10.4 Å². The van der Waals surface area contributed by atoms with E-state index in [0.717, 1.165) is 5.56 Å². The lowest BCUT2D eigenvalue weighted by atomic mass is 9.93. The van der Waals surface area contributed by atoms with Crippen LogP contribution in [0, 0.1) is 0 Å². The fraction of sp³-hybridized carbons (Fsp3) is 0.312. The highest BCUT2D eigenvalue weighted by atomic mass is 19.4. The molecule has 0 aliphatic carbocycles. The molecule has 2 N–H and O–H groups in total. The van der Waals surface area contributed by atoms with Crippen molar-refractivity contribution in [3.63, 3.8) is 0 Å². The van der Waals surface area contributed by atoms with Gasteiger partial charge in [0.15, 0.2) is 5.65 Å². The summed E-state index contributed by atoms with van der Waals surface area (Å²) >= 11 is 0. The Morgan fingerprint density at radius 3 is 2.48 bits per heavy atom. The molecule has 0 bridgehead atoms. The standard InChI is InChI=1S/C16H16F3N5O/c1-15(25,11-5-3-2-4-6-11)9-10-20-12-7-8-13-21-22-14(16(17,18)19)24(13)23-12/h2-8,25H,9-10H2,1H3,(H,20,23). The van der Waals surface area contributed by atoms with Crippen molar-refractivity contribution in [2.45, 2.75) is 25.1 Å². The average molecular weight is 351 g/mol. The van der Waals surface area contributed by atoms with Gasteiger partial charge >= 0.3 is 6.18 Å². The Kier molecular flexibility index (Phi) is 4.34. The number of rotatable bonds is 5. The minimum Gasteiger partial charge on any atom is -0.385 e. The van der Waals surface area contributed by atoms with Gasteiger partial charge in [-0.2, -0.15) is 17.7 Å². The molecule has 0 fully saturated rings. The minimum absolute atomic E-state index is 0.00848. The van der Waals surface area contributed by atoms with E-state index in [4.69, 9.17) is 0 Å². The van der Waals surface area contributed by atoms with Gasteiger partial charge in [-0.3, -0.25) is 0 Å². The summed E-state index contributed by atoms with van der Waals surface area (Å²) in [4.78, 5) is 0. The topological polar surface area (TPSA) is 75.3 Å². The Bertz CT molecular complexity index is 861. The molecule has 0 spiro atoms. The lowest BCUT2D eigenvalue weighted by Gasteiger charge is -2.24. The zero-order valence-electron chi connectivity index (χ0n) is 13.3. The number of aliphatic hydroxyl groups is 1. The van der Waals surface area contributed by atoms with Gasteiger partial charge in [-0.25, -0.2) is 0 Å². The Balaban J connectivity index is 1.71. The van der Waals surface area contributed by atoms with E-state index in [2.05, 4.69) is 20.6 Å². The first-order valence-electron chi connectivity index (χ1n) is 7.59. The highest BCUT2D eigenvalue weighted by Crippen LogP contribution is 2.28. The molecule has 25 heavy (non-hydrogen) atoms. The van der Waals surface area contributed by atoms with Gasteiger partial charge in [0.1, 0.15) is 5.82 Å². The van der Waals surface area contributed by atoms with Gasteiger partial charge in [0.05, 0.1) is 5.60 Å². The van der Waals surface area contributed by atoms with E-state index in [1.54, 1.807) is 6.92 Å². The number of hydrogen-bond acceptors (Lipinski definition) is 5. The van der Waals surface area contributed by atoms with Gasteiger partial charge in [0.2, 0.25) is 0 Å². The highest BCUT2D eigenvalue weighted by Gasteiger charge is 2.37. The quantitative estimate of drug-likeness (QED) is 0.739. The third-order valence-electron chi connectivity index (χ3n) is 3.83. The number of aromatic nitrogens is 4. The van der Waals surface area contributed by atoms with Crippen molar-refractivity contribution in [3.8, 4) is 0 Å². The van der Waals surface area contributed by atoms with Crippen LogP contribution in [-0.2, 0) is 11.8 Å². The molecule has 1 aromatic carbocycles. The van der Waals surface area contributed by atoms with Crippen molar-refractivity contribution < 1.29 is 18.3 Å². The van der Waals surface area contributed by atoms with Crippen molar-refractivity contribution in [2.24, 2.45) is 0 Å². The molecule has 0 radical (unpaired) electrons. The second kappa shape index (κ2) is 6.32. The van der Waals surface area contributed by atoms with E-state index in [9.17, 15) is 18.3 Å². The predicted octanol–water partition coefficient (Wildman–Crippen LogP) is 2.85. The molecule has 6 nitrogen and oxygen atoms in total. The van der Waals surface area contributed by atoms with Crippen molar-refractivity contribution in [2.75, 3.05) is 11.9 Å². The normalized spacial score (nSPS) is 14.4. The van der Waals surface area contributed by atoms with E-state index in [-0.39, 0.29) is 11.5 Å². The maximum Gasteiger partial charge on any atom is 0.453 e. The van der Waals surface area contributed by atoms with Crippen LogP contribution < -0.4 is 5.32 Å². The van der Waals surface area contributed by atoms with Crippen LogP contribution in [0.25, 0.3) is 5.65 Å². The summed E-state index contributed by atoms with van der Waals surface area (Å²) in [5, 5.41) is 23.9. The molecule has 3 rings (SSSR count). The third-order valence-corrected chi connectivity index (χ3v) is 3.83. The van der Waals surface area contributed by atoms with Crippen LogP contribution in [0.2, 0.25) is 0 Å². The molecule has 0 saturated carbocycles. The van der Waals surface area contributed by atoms with Gasteiger partial charge in [-0.05, 0) is 31.0 Å². The molecule has 3 aromatic rings. The van der Waals surface area contributed by atoms with E-state index in [1.165, 1.54) is 12.1 Å².